The smallest absolute Gasteiger partial charge is 0.267 e. The van der Waals surface area contributed by atoms with Crippen LogP contribution >= 0.6 is 11.3 Å². The third-order valence-corrected chi connectivity index (χ3v) is 8.03. The molecule has 9 heteroatoms. The fourth-order valence-corrected chi connectivity index (χ4v) is 6.34. The molecule has 2 aliphatic rings. The molecule has 8 nitrogen and oxygen atoms in total. The number of carbonyl (C=O) groups excluding carboxylic acids is 2. The zero-order valence-corrected chi connectivity index (χ0v) is 21.6. The predicted molar refractivity (Wildman–Crippen MR) is 137 cm³/mol. The minimum atomic E-state index is -0.571. The van der Waals surface area contributed by atoms with Gasteiger partial charge in [0, 0.05) is 17.5 Å². The van der Waals surface area contributed by atoms with Crippen LogP contribution in [0.4, 0.5) is 5.69 Å². The van der Waals surface area contributed by atoms with Crippen molar-refractivity contribution in [2.75, 3.05) is 26.0 Å². The maximum atomic E-state index is 13.8. The SMILES string of the molecule is CC1CCc2c(sc3nc(CN(C)C)n(CC(=O)c4ccc5c(c4)N(C)C(=O)C(C)O5)c(=O)c23)C1. The van der Waals surface area contributed by atoms with Gasteiger partial charge in [0.25, 0.3) is 11.5 Å². The van der Waals surface area contributed by atoms with Gasteiger partial charge in [-0.15, -0.1) is 11.3 Å². The van der Waals surface area contributed by atoms with Crippen LogP contribution in [0, 0.1) is 5.92 Å². The number of nitrogens with zero attached hydrogens (tertiary/aromatic N) is 4. The lowest BCUT2D eigenvalue weighted by molar-refractivity contribution is -0.125. The lowest BCUT2D eigenvalue weighted by Crippen LogP contribution is -2.42. The highest BCUT2D eigenvalue weighted by molar-refractivity contribution is 7.18. The van der Waals surface area contributed by atoms with Crippen molar-refractivity contribution < 1.29 is 14.3 Å². The van der Waals surface area contributed by atoms with E-state index in [1.165, 1.54) is 14.3 Å². The molecule has 3 aromatic rings. The molecule has 3 heterocycles. The Morgan fingerprint density at radius 2 is 2.03 bits per heavy atom. The first kappa shape index (κ1) is 23.7. The largest absolute Gasteiger partial charge is 0.479 e. The van der Waals surface area contributed by atoms with Gasteiger partial charge in [0.05, 0.1) is 24.2 Å². The first-order valence-electron chi connectivity index (χ1n) is 11.9. The maximum Gasteiger partial charge on any atom is 0.267 e. The van der Waals surface area contributed by atoms with Crippen LogP contribution in [0.5, 0.6) is 5.75 Å². The van der Waals surface area contributed by atoms with Gasteiger partial charge in [-0.2, -0.15) is 0 Å². The summed E-state index contributed by atoms with van der Waals surface area (Å²) in [5.41, 5.74) is 1.94. The monoisotopic (exact) mass is 494 g/mol. The Bertz CT molecular complexity index is 1410. The van der Waals surface area contributed by atoms with Gasteiger partial charge in [0.15, 0.2) is 11.9 Å². The number of carbonyl (C=O) groups is 2. The molecule has 0 spiro atoms. The highest BCUT2D eigenvalue weighted by Crippen LogP contribution is 2.36. The lowest BCUT2D eigenvalue weighted by Gasteiger charge is -2.30. The van der Waals surface area contributed by atoms with Gasteiger partial charge in [-0.25, -0.2) is 4.98 Å². The Hall–Kier alpha value is -3.04. The van der Waals surface area contributed by atoms with E-state index in [2.05, 4.69) is 6.92 Å². The first-order valence-corrected chi connectivity index (χ1v) is 12.8. The quantitative estimate of drug-likeness (QED) is 0.506. The van der Waals surface area contributed by atoms with E-state index in [0.717, 1.165) is 29.7 Å². The van der Waals surface area contributed by atoms with Crippen LogP contribution in [0.1, 0.15) is 46.9 Å². The number of amides is 1. The molecule has 1 aliphatic heterocycles. The van der Waals surface area contributed by atoms with Crippen LogP contribution in [0.3, 0.4) is 0 Å². The Morgan fingerprint density at radius 1 is 1.26 bits per heavy atom. The van der Waals surface area contributed by atoms with Crippen LogP contribution < -0.4 is 15.2 Å². The summed E-state index contributed by atoms with van der Waals surface area (Å²) in [6.45, 7) is 4.28. The van der Waals surface area contributed by atoms with Crippen LogP contribution in [-0.2, 0) is 30.7 Å². The van der Waals surface area contributed by atoms with Crippen LogP contribution in [0.2, 0.25) is 0 Å². The number of anilines is 1. The number of ketones is 1. The Kier molecular flexibility index (Phi) is 6.01. The Morgan fingerprint density at radius 3 is 2.77 bits per heavy atom. The summed E-state index contributed by atoms with van der Waals surface area (Å²) in [5, 5.41) is 0.672. The molecule has 184 valence electrons. The maximum absolute atomic E-state index is 13.8. The topological polar surface area (TPSA) is 84.7 Å². The van der Waals surface area contributed by atoms with Gasteiger partial charge < -0.3 is 14.5 Å². The molecule has 0 saturated heterocycles. The normalized spacial score (nSPS) is 19.6. The second kappa shape index (κ2) is 8.87. The van der Waals surface area contributed by atoms with E-state index in [4.69, 9.17) is 9.72 Å². The van der Waals surface area contributed by atoms with Crippen molar-refractivity contribution in [1.29, 1.82) is 0 Å². The molecule has 2 aromatic heterocycles. The van der Waals surface area contributed by atoms with Crippen molar-refractivity contribution in [2.24, 2.45) is 5.92 Å². The van der Waals surface area contributed by atoms with Crippen LogP contribution in [0.25, 0.3) is 10.2 Å². The van der Waals surface area contributed by atoms with Gasteiger partial charge in [0.2, 0.25) is 0 Å². The zero-order chi connectivity index (χ0) is 25.0. The van der Waals surface area contributed by atoms with E-state index in [9.17, 15) is 14.4 Å². The second-order valence-corrected chi connectivity index (χ2v) is 11.0. The summed E-state index contributed by atoms with van der Waals surface area (Å²) in [4.78, 5) is 49.9. The number of benzene rings is 1. The van der Waals surface area contributed by atoms with E-state index < -0.39 is 6.10 Å². The average molecular weight is 495 g/mol. The van der Waals surface area contributed by atoms with Gasteiger partial charge in [-0.05, 0) is 70.0 Å². The molecule has 1 aromatic carbocycles. The fourth-order valence-electron chi connectivity index (χ4n) is 4.95. The minimum Gasteiger partial charge on any atom is -0.479 e. The van der Waals surface area contributed by atoms with E-state index >= 15 is 0 Å². The van der Waals surface area contributed by atoms with Crippen molar-refractivity contribution in [3.63, 3.8) is 0 Å². The van der Waals surface area contributed by atoms with Crippen LogP contribution in [-0.4, -0.2) is 53.4 Å². The first-order chi connectivity index (χ1) is 16.6. The lowest BCUT2D eigenvalue weighted by atomic mass is 9.89. The van der Waals surface area contributed by atoms with Crippen molar-refractivity contribution in [3.05, 3.63) is 50.4 Å². The number of ether oxygens (including phenoxy) is 1. The number of thiophene rings is 1. The number of likely N-dealkylation sites (N-methyl/N-ethyl adjacent to an activating group) is 1. The van der Waals surface area contributed by atoms with E-state index in [0.29, 0.717) is 40.7 Å². The number of aryl methyl sites for hydroxylation is 1. The zero-order valence-electron chi connectivity index (χ0n) is 20.8. The van der Waals surface area contributed by atoms with Crippen molar-refractivity contribution in [2.45, 2.75) is 52.3 Å². The Labute approximate surface area is 208 Å². The fraction of sp³-hybridized carbons (Fsp3) is 0.462. The summed E-state index contributed by atoms with van der Waals surface area (Å²) in [7, 11) is 5.51. The standard InChI is InChI=1S/C26H30N4O4S/c1-14-6-8-17-21(10-14)35-24-23(17)26(33)30(22(27-24)13-28(3)4)12-19(31)16-7-9-20-18(11-16)29(5)25(32)15(2)34-20/h7,9,11,14-15H,6,8,10,12-13H2,1-5H3. The Balaban J connectivity index is 1.55. The van der Waals surface area contributed by atoms with Crippen molar-refractivity contribution in [1.82, 2.24) is 14.5 Å². The molecule has 0 N–H and O–H groups in total. The molecule has 0 radical (unpaired) electrons. The molecule has 35 heavy (non-hydrogen) atoms. The van der Waals surface area contributed by atoms with Crippen molar-refractivity contribution in [3.8, 4) is 5.75 Å². The predicted octanol–water partition coefficient (Wildman–Crippen LogP) is 3.27. The van der Waals surface area contributed by atoms with Crippen molar-refractivity contribution >= 4 is 38.9 Å². The number of rotatable bonds is 5. The highest BCUT2D eigenvalue weighted by atomic mass is 32.1. The number of hydrogen-bond acceptors (Lipinski definition) is 7. The molecule has 0 saturated carbocycles. The summed E-state index contributed by atoms with van der Waals surface area (Å²) in [6, 6.07) is 5.06. The van der Waals surface area contributed by atoms with Gasteiger partial charge in [-0.1, -0.05) is 6.92 Å². The van der Waals surface area contributed by atoms with E-state index in [1.807, 2.05) is 19.0 Å². The van der Waals surface area contributed by atoms with E-state index in [1.54, 1.807) is 43.5 Å². The van der Waals surface area contributed by atoms with Gasteiger partial charge >= 0.3 is 0 Å². The molecule has 0 fully saturated rings. The molecule has 1 aliphatic carbocycles. The number of hydrogen-bond donors (Lipinski definition) is 0. The molecule has 5 rings (SSSR count). The molecule has 0 bridgehead atoms. The molecule has 2 atom stereocenters. The third kappa shape index (κ3) is 4.16. The number of fused-ring (bicyclic) bond motifs is 4. The third-order valence-electron chi connectivity index (χ3n) is 6.88. The molecule has 1 amide bonds. The molecular formula is C26H30N4O4S. The van der Waals surface area contributed by atoms with Crippen LogP contribution in [0.15, 0.2) is 23.0 Å². The average Bonchev–Trinajstić information content (AvgIpc) is 3.16. The molecule has 2 unspecified atom stereocenters. The summed E-state index contributed by atoms with van der Waals surface area (Å²) < 4.78 is 7.21. The van der Waals surface area contributed by atoms with Gasteiger partial charge in [-0.3, -0.25) is 19.0 Å². The minimum absolute atomic E-state index is 0.111. The van der Waals surface area contributed by atoms with E-state index in [-0.39, 0.29) is 23.8 Å². The summed E-state index contributed by atoms with van der Waals surface area (Å²) in [5.74, 6) is 1.35. The highest BCUT2D eigenvalue weighted by Gasteiger charge is 2.30. The second-order valence-electron chi connectivity index (χ2n) is 9.95. The summed E-state index contributed by atoms with van der Waals surface area (Å²) >= 11 is 1.62. The van der Waals surface area contributed by atoms with Gasteiger partial charge in [0.1, 0.15) is 16.4 Å². The summed E-state index contributed by atoms with van der Waals surface area (Å²) in [6.07, 6.45) is 2.33. The molecular weight excluding hydrogens is 464 g/mol. The number of Topliss-reactive ketones (excluding diaryl/α,β-unsaturated/α-hetero) is 1. The number of aromatic nitrogens is 2.